The van der Waals surface area contributed by atoms with Crippen LogP contribution >= 0.6 is 15.9 Å². The number of hydrogen-bond donors (Lipinski definition) is 1. The van der Waals surface area contributed by atoms with Gasteiger partial charge in [0.15, 0.2) is 0 Å². The van der Waals surface area contributed by atoms with Crippen molar-refractivity contribution in [3.05, 3.63) is 82.1 Å². The van der Waals surface area contributed by atoms with E-state index in [1.54, 1.807) is 31.2 Å². The molecule has 0 bridgehead atoms. The molecule has 0 aliphatic carbocycles. The zero-order chi connectivity index (χ0) is 23.0. The lowest BCUT2D eigenvalue weighted by atomic mass is 10.1. The maximum absolute atomic E-state index is 13.4. The largest absolute Gasteiger partial charge is 0.465 e. The molecule has 0 aliphatic heterocycles. The molecule has 0 saturated heterocycles. The van der Waals surface area contributed by atoms with Crippen molar-refractivity contribution in [2.75, 3.05) is 11.8 Å². The Morgan fingerprint density at radius 3 is 2.44 bits per heavy atom. The molecule has 0 saturated carbocycles. The van der Waals surface area contributed by atoms with Gasteiger partial charge in [0, 0.05) is 21.5 Å². The molecule has 0 unspecified atom stereocenters. The SMILES string of the molecule is COC(=O)c1c(-c2ccc(F)cc2)oc2cc(NS(=O)(=O)c3ccccc3C)c(Br)cc12. The van der Waals surface area contributed by atoms with Gasteiger partial charge in [0.25, 0.3) is 10.0 Å². The Morgan fingerprint density at radius 1 is 1.09 bits per heavy atom. The van der Waals surface area contributed by atoms with Gasteiger partial charge in [-0.25, -0.2) is 17.6 Å². The van der Waals surface area contributed by atoms with Gasteiger partial charge in [0.05, 0.1) is 17.7 Å². The van der Waals surface area contributed by atoms with Gasteiger partial charge in [-0.2, -0.15) is 0 Å². The number of rotatable bonds is 5. The maximum Gasteiger partial charge on any atom is 0.342 e. The van der Waals surface area contributed by atoms with Crippen molar-refractivity contribution in [3.8, 4) is 11.3 Å². The lowest BCUT2D eigenvalue weighted by molar-refractivity contribution is 0.0603. The first-order valence-corrected chi connectivity index (χ1v) is 11.7. The molecule has 32 heavy (non-hydrogen) atoms. The Kier molecular flexibility index (Phi) is 5.79. The molecule has 164 valence electrons. The van der Waals surface area contributed by atoms with Crippen LogP contribution in [0.3, 0.4) is 0 Å². The summed E-state index contributed by atoms with van der Waals surface area (Å²) in [6.07, 6.45) is 0. The summed E-state index contributed by atoms with van der Waals surface area (Å²) in [5.74, 6) is -0.874. The molecule has 0 aliphatic rings. The number of furan rings is 1. The third-order valence-corrected chi connectivity index (χ3v) is 7.08. The number of carbonyl (C=O) groups is 1. The number of hydrogen-bond acceptors (Lipinski definition) is 5. The summed E-state index contributed by atoms with van der Waals surface area (Å²) in [7, 11) is -2.63. The Bertz CT molecular complexity index is 1450. The number of esters is 1. The summed E-state index contributed by atoms with van der Waals surface area (Å²) in [5.41, 5.74) is 1.72. The Labute approximate surface area is 192 Å². The van der Waals surface area contributed by atoms with Crippen molar-refractivity contribution in [1.29, 1.82) is 0 Å². The lowest BCUT2D eigenvalue weighted by Gasteiger charge is -2.11. The quantitative estimate of drug-likeness (QED) is 0.333. The van der Waals surface area contributed by atoms with Crippen molar-refractivity contribution in [2.24, 2.45) is 0 Å². The minimum absolute atomic E-state index is 0.147. The smallest absolute Gasteiger partial charge is 0.342 e. The van der Waals surface area contributed by atoms with E-state index in [9.17, 15) is 17.6 Å². The summed E-state index contributed by atoms with van der Waals surface area (Å²) in [6, 6.07) is 15.1. The van der Waals surface area contributed by atoms with Crippen LogP contribution < -0.4 is 4.72 Å². The highest BCUT2D eigenvalue weighted by Gasteiger charge is 2.25. The first kappa shape index (κ1) is 22.0. The summed E-state index contributed by atoms with van der Waals surface area (Å²) < 4.78 is 53.0. The van der Waals surface area contributed by atoms with Crippen LogP contribution in [0.25, 0.3) is 22.3 Å². The predicted octanol–water partition coefficient (Wildman–Crippen LogP) is 5.90. The number of sulfonamides is 1. The number of halogens is 2. The second-order valence-electron chi connectivity index (χ2n) is 7.00. The summed E-state index contributed by atoms with van der Waals surface area (Å²) >= 11 is 3.37. The zero-order valence-electron chi connectivity index (χ0n) is 17.0. The summed E-state index contributed by atoms with van der Waals surface area (Å²) in [5, 5.41) is 0.418. The molecule has 4 rings (SSSR count). The molecule has 1 N–H and O–H groups in total. The van der Waals surface area contributed by atoms with Crippen LogP contribution in [0.4, 0.5) is 10.1 Å². The van der Waals surface area contributed by atoms with Gasteiger partial charge < -0.3 is 9.15 Å². The molecular formula is C23H17BrFNO5S. The third kappa shape index (κ3) is 4.01. The number of methoxy groups -OCH3 is 1. The van der Waals surface area contributed by atoms with Gasteiger partial charge in [0.1, 0.15) is 22.7 Å². The molecule has 3 aromatic carbocycles. The zero-order valence-corrected chi connectivity index (χ0v) is 19.4. The van der Waals surface area contributed by atoms with Crippen LogP contribution in [0.1, 0.15) is 15.9 Å². The van der Waals surface area contributed by atoms with Crippen molar-refractivity contribution >= 4 is 48.6 Å². The van der Waals surface area contributed by atoms with E-state index in [0.717, 1.165) is 0 Å². The molecule has 1 heterocycles. The normalized spacial score (nSPS) is 11.5. The van der Waals surface area contributed by atoms with Crippen LogP contribution in [0.5, 0.6) is 0 Å². The Morgan fingerprint density at radius 2 is 1.78 bits per heavy atom. The number of ether oxygens (including phenoxy) is 1. The standard InChI is InChI=1S/C23H17BrFNO5S/c1-13-5-3-4-6-20(13)32(28,29)26-18-12-19-16(11-17(18)24)21(23(27)30-2)22(31-19)14-7-9-15(25)10-8-14/h3-12,26H,1-2H3. The van der Waals surface area contributed by atoms with E-state index in [-0.39, 0.29) is 27.5 Å². The van der Waals surface area contributed by atoms with Crippen LogP contribution in [0.2, 0.25) is 0 Å². The number of carbonyl (C=O) groups excluding carboxylic acids is 1. The van der Waals surface area contributed by atoms with E-state index < -0.39 is 21.8 Å². The van der Waals surface area contributed by atoms with Gasteiger partial charge in [-0.3, -0.25) is 4.72 Å². The topological polar surface area (TPSA) is 85.6 Å². The van der Waals surface area contributed by atoms with Gasteiger partial charge in [0.2, 0.25) is 0 Å². The highest BCUT2D eigenvalue weighted by molar-refractivity contribution is 9.10. The third-order valence-electron chi connectivity index (χ3n) is 4.90. The van der Waals surface area contributed by atoms with Gasteiger partial charge in [-0.05, 0) is 64.8 Å². The average molecular weight is 518 g/mol. The molecular weight excluding hydrogens is 501 g/mol. The fourth-order valence-corrected chi connectivity index (χ4v) is 5.25. The molecule has 1 aromatic heterocycles. The number of anilines is 1. The molecule has 4 aromatic rings. The second kappa shape index (κ2) is 8.40. The van der Waals surface area contributed by atoms with E-state index in [0.29, 0.717) is 21.0 Å². The van der Waals surface area contributed by atoms with Crippen molar-refractivity contribution in [3.63, 3.8) is 0 Å². The second-order valence-corrected chi connectivity index (χ2v) is 9.51. The van der Waals surface area contributed by atoms with E-state index >= 15 is 0 Å². The van der Waals surface area contributed by atoms with Crippen LogP contribution in [0.15, 0.2) is 74.4 Å². The van der Waals surface area contributed by atoms with Gasteiger partial charge in [-0.1, -0.05) is 18.2 Å². The fourth-order valence-electron chi connectivity index (χ4n) is 3.36. The molecule has 0 fully saturated rings. The molecule has 6 nitrogen and oxygen atoms in total. The van der Waals surface area contributed by atoms with E-state index in [2.05, 4.69) is 20.7 Å². The van der Waals surface area contributed by atoms with Gasteiger partial charge >= 0.3 is 5.97 Å². The fraction of sp³-hybridized carbons (Fsp3) is 0.0870. The Balaban J connectivity index is 1.86. The van der Waals surface area contributed by atoms with E-state index in [1.807, 2.05) is 0 Å². The van der Waals surface area contributed by atoms with Crippen molar-refractivity contribution < 1.29 is 26.8 Å². The van der Waals surface area contributed by atoms with Crippen LogP contribution in [-0.2, 0) is 14.8 Å². The highest BCUT2D eigenvalue weighted by Crippen LogP contribution is 2.39. The maximum atomic E-state index is 13.4. The molecule has 0 radical (unpaired) electrons. The monoisotopic (exact) mass is 517 g/mol. The minimum Gasteiger partial charge on any atom is -0.465 e. The van der Waals surface area contributed by atoms with Crippen molar-refractivity contribution in [2.45, 2.75) is 11.8 Å². The van der Waals surface area contributed by atoms with E-state index in [4.69, 9.17) is 9.15 Å². The predicted molar refractivity (Wildman–Crippen MR) is 123 cm³/mol. The minimum atomic E-state index is -3.87. The van der Waals surface area contributed by atoms with Crippen LogP contribution in [-0.4, -0.2) is 21.5 Å². The van der Waals surface area contributed by atoms with Crippen LogP contribution in [0, 0.1) is 12.7 Å². The lowest BCUT2D eigenvalue weighted by Crippen LogP contribution is -2.14. The molecule has 0 amide bonds. The molecule has 0 spiro atoms. The van der Waals surface area contributed by atoms with Gasteiger partial charge in [-0.15, -0.1) is 0 Å². The summed E-state index contributed by atoms with van der Waals surface area (Å²) in [4.78, 5) is 12.7. The number of aryl methyl sites for hydroxylation is 1. The Hall–Kier alpha value is -3.17. The molecule has 9 heteroatoms. The highest BCUT2D eigenvalue weighted by atomic mass is 79.9. The first-order valence-electron chi connectivity index (χ1n) is 9.40. The number of fused-ring (bicyclic) bond motifs is 1. The molecule has 0 atom stereocenters. The average Bonchev–Trinajstić information content (AvgIpc) is 3.12. The first-order chi connectivity index (χ1) is 15.2. The number of benzene rings is 3. The van der Waals surface area contributed by atoms with Crippen molar-refractivity contribution in [1.82, 2.24) is 0 Å². The number of nitrogens with one attached hydrogen (secondary N) is 1. The summed E-state index contributed by atoms with van der Waals surface area (Å²) in [6.45, 7) is 1.71. The van der Waals surface area contributed by atoms with E-state index in [1.165, 1.54) is 43.5 Å².